The van der Waals surface area contributed by atoms with Gasteiger partial charge in [0.05, 0.1) is 26.1 Å². The predicted molar refractivity (Wildman–Crippen MR) is 73.4 cm³/mol. The molecule has 20 heavy (non-hydrogen) atoms. The SMILES string of the molecule is COC(=O)CSc1nc(NN)nc(N2CCOCC2)n1. The molecular weight excluding hydrogens is 284 g/mol. The number of carbonyl (C=O) groups is 1. The number of thioether (sulfide) groups is 1. The normalized spacial score (nSPS) is 15.0. The molecule has 2 rings (SSSR count). The topological polar surface area (TPSA) is 115 Å². The maximum absolute atomic E-state index is 11.1. The number of morpholine rings is 1. The zero-order chi connectivity index (χ0) is 14.4. The molecule has 0 unspecified atom stereocenters. The van der Waals surface area contributed by atoms with Crippen molar-refractivity contribution in [2.75, 3.05) is 49.5 Å². The molecule has 1 fully saturated rings. The third-order valence-electron chi connectivity index (χ3n) is 2.57. The Kier molecular flexibility index (Phi) is 5.32. The van der Waals surface area contributed by atoms with Crippen LogP contribution in [-0.4, -0.2) is 60.1 Å². The lowest BCUT2D eigenvalue weighted by atomic mass is 10.4. The molecule has 9 nitrogen and oxygen atoms in total. The van der Waals surface area contributed by atoms with Gasteiger partial charge >= 0.3 is 5.97 Å². The Morgan fingerprint density at radius 3 is 2.85 bits per heavy atom. The number of nitrogens with two attached hydrogens (primary N) is 1. The number of nitrogens with zero attached hydrogens (tertiary/aromatic N) is 4. The molecule has 0 aromatic carbocycles. The quantitative estimate of drug-likeness (QED) is 0.312. The summed E-state index contributed by atoms with van der Waals surface area (Å²) in [5.41, 5.74) is 2.40. The molecule has 10 heteroatoms. The van der Waals surface area contributed by atoms with Gasteiger partial charge in [-0.3, -0.25) is 10.2 Å². The van der Waals surface area contributed by atoms with E-state index >= 15 is 0 Å². The van der Waals surface area contributed by atoms with Crippen molar-refractivity contribution in [2.24, 2.45) is 5.84 Å². The van der Waals surface area contributed by atoms with E-state index in [1.165, 1.54) is 18.9 Å². The van der Waals surface area contributed by atoms with Gasteiger partial charge in [-0.05, 0) is 0 Å². The first kappa shape index (κ1) is 14.8. The van der Waals surface area contributed by atoms with Crippen molar-refractivity contribution in [3.05, 3.63) is 0 Å². The summed E-state index contributed by atoms with van der Waals surface area (Å²) in [6.07, 6.45) is 0. The number of hydrogen-bond donors (Lipinski definition) is 2. The van der Waals surface area contributed by atoms with Crippen LogP contribution in [0.4, 0.5) is 11.9 Å². The number of anilines is 2. The van der Waals surface area contributed by atoms with E-state index in [0.717, 1.165) is 0 Å². The van der Waals surface area contributed by atoms with Crippen LogP contribution in [0.15, 0.2) is 5.16 Å². The third kappa shape index (κ3) is 3.92. The highest BCUT2D eigenvalue weighted by Gasteiger charge is 2.17. The molecule has 1 aromatic rings. The van der Waals surface area contributed by atoms with E-state index < -0.39 is 0 Å². The fourth-order valence-electron chi connectivity index (χ4n) is 1.56. The number of rotatable bonds is 5. The maximum atomic E-state index is 11.1. The van der Waals surface area contributed by atoms with Gasteiger partial charge in [0.15, 0.2) is 5.16 Å². The Bertz CT molecular complexity index is 468. The lowest BCUT2D eigenvalue weighted by Crippen LogP contribution is -2.37. The molecule has 0 saturated carbocycles. The first-order valence-electron chi connectivity index (χ1n) is 5.98. The van der Waals surface area contributed by atoms with Crippen molar-refractivity contribution in [1.29, 1.82) is 0 Å². The van der Waals surface area contributed by atoms with Gasteiger partial charge in [-0.2, -0.15) is 15.0 Å². The van der Waals surface area contributed by atoms with Gasteiger partial charge in [-0.15, -0.1) is 0 Å². The van der Waals surface area contributed by atoms with Crippen LogP contribution in [0.25, 0.3) is 0 Å². The van der Waals surface area contributed by atoms with Crippen LogP contribution < -0.4 is 16.2 Å². The molecule has 1 aromatic heterocycles. The van der Waals surface area contributed by atoms with Gasteiger partial charge in [0.25, 0.3) is 0 Å². The monoisotopic (exact) mass is 300 g/mol. The molecule has 110 valence electrons. The molecule has 0 spiro atoms. The van der Waals surface area contributed by atoms with Gasteiger partial charge in [-0.25, -0.2) is 5.84 Å². The highest BCUT2D eigenvalue weighted by molar-refractivity contribution is 7.99. The molecule has 0 atom stereocenters. The maximum Gasteiger partial charge on any atom is 0.316 e. The Labute approximate surface area is 120 Å². The number of methoxy groups -OCH3 is 1. The van der Waals surface area contributed by atoms with Gasteiger partial charge < -0.3 is 14.4 Å². The Morgan fingerprint density at radius 1 is 1.45 bits per heavy atom. The summed E-state index contributed by atoms with van der Waals surface area (Å²) in [6, 6.07) is 0. The van der Waals surface area contributed by atoms with Crippen LogP contribution in [0, 0.1) is 0 Å². The van der Waals surface area contributed by atoms with E-state index in [9.17, 15) is 4.79 Å². The molecule has 2 heterocycles. The van der Waals surface area contributed by atoms with Crippen molar-refractivity contribution in [3.8, 4) is 0 Å². The van der Waals surface area contributed by atoms with Crippen LogP contribution in [0.3, 0.4) is 0 Å². The van der Waals surface area contributed by atoms with Gasteiger partial charge in [0, 0.05) is 13.1 Å². The van der Waals surface area contributed by atoms with E-state index in [2.05, 4.69) is 25.1 Å². The van der Waals surface area contributed by atoms with Crippen LogP contribution in [0.2, 0.25) is 0 Å². The number of nitrogen functional groups attached to an aromatic ring is 1. The number of hydrazine groups is 1. The summed E-state index contributed by atoms with van der Waals surface area (Å²) in [5.74, 6) is 5.92. The standard InChI is InChI=1S/C10H16N6O3S/c1-18-7(17)6-20-10-13-8(15-11)12-9(14-10)16-2-4-19-5-3-16/h2-6,11H2,1H3,(H,12,13,14,15). The first-order chi connectivity index (χ1) is 9.72. The van der Waals surface area contributed by atoms with Crippen LogP contribution >= 0.6 is 11.8 Å². The summed E-state index contributed by atoms with van der Waals surface area (Å²) in [5, 5.41) is 0.417. The number of carbonyl (C=O) groups excluding carboxylic acids is 1. The minimum Gasteiger partial charge on any atom is -0.468 e. The third-order valence-corrected chi connectivity index (χ3v) is 3.39. The summed E-state index contributed by atoms with van der Waals surface area (Å²) in [6.45, 7) is 2.66. The second-order valence-electron chi connectivity index (χ2n) is 3.85. The summed E-state index contributed by atoms with van der Waals surface area (Å²) in [7, 11) is 1.34. The van der Waals surface area contributed by atoms with Crippen molar-refractivity contribution in [1.82, 2.24) is 15.0 Å². The average molecular weight is 300 g/mol. The van der Waals surface area contributed by atoms with E-state index in [-0.39, 0.29) is 17.7 Å². The van der Waals surface area contributed by atoms with E-state index in [1.54, 1.807) is 0 Å². The molecule has 3 N–H and O–H groups in total. The number of esters is 1. The average Bonchev–Trinajstić information content (AvgIpc) is 2.53. The Morgan fingerprint density at radius 2 is 2.20 bits per heavy atom. The summed E-state index contributed by atoms with van der Waals surface area (Å²) >= 11 is 1.17. The number of aromatic nitrogens is 3. The lowest BCUT2D eigenvalue weighted by Gasteiger charge is -2.26. The number of hydrogen-bond acceptors (Lipinski definition) is 10. The van der Waals surface area contributed by atoms with Crippen LogP contribution in [0.5, 0.6) is 0 Å². The van der Waals surface area contributed by atoms with E-state index in [1.807, 2.05) is 4.90 Å². The van der Waals surface area contributed by atoms with Gasteiger partial charge in [0.2, 0.25) is 11.9 Å². The highest BCUT2D eigenvalue weighted by Crippen LogP contribution is 2.19. The fourth-order valence-corrected chi connectivity index (χ4v) is 2.22. The molecule has 0 amide bonds. The second kappa shape index (κ2) is 7.22. The zero-order valence-electron chi connectivity index (χ0n) is 11.0. The van der Waals surface area contributed by atoms with Crippen LogP contribution in [-0.2, 0) is 14.3 Å². The number of ether oxygens (including phenoxy) is 2. The molecular formula is C10H16N6O3S. The zero-order valence-corrected chi connectivity index (χ0v) is 11.9. The van der Waals surface area contributed by atoms with Crippen molar-refractivity contribution < 1.29 is 14.3 Å². The second-order valence-corrected chi connectivity index (χ2v) is 4.79. The Hall–Kier alpha value is -1.65. The molecule has 1 saturated heterocycles. The van der Waals surface area contributed by atoms with Gasteiger partial charge in [0.1, 0.15) is 0 Å². The highest BCUT2D eigenvalue weighted by atomic mass is 32.2. The Balaban J connectivity index is 2.12. The molecule has 0 aliphatic carbocycles. The van der Waals surface area contributed by atoms with E-state index in [0.29, 0.717) is 37.4 Å². The first-order valence-corrected chi connectivity index (χ1v) is 6.96. The van der Waals surface area contributed by atoms with Crippen molar-refractivity contribution in [2.45, 2.75) is 5.16 Å². The fraction of sp³-hybridized carbons (Fsp3) is 0.600. The smallest absolute Gasteiger partial charge is 0.316 e. The molecule has 1 aliphatic heterocycles. The van der Waals surface area contributed by atoms with Gasteiger partial charge in [-0.1, -0.05) is 11.8 Å². The van der Waals surface area contributed by atoms with Crippen molar-refractivity contribution >= 4 is 29.6 Å². The predicted octanol–water partition coefficient (Wildman–Crippen LogP) is -0.741. The summed E-state index contributed by atoms with van der Waals surface area (Å²) < 4.78 is 9.86. The van der Waals surface area contributed by atoms with Crippen LogP contribution in [0.1, 0.15) is 0 Å². The lowest BCUT2D eigenvalue weighted by molar-refractivity contribution is -0.137. The molecule has 0 bridgehead atoms. The van der Waals surface area contributed by atoms with Crippen molar-refractivity contribution in [3.63, 3.8) is 0 Å². The molecule has 1 aliphatic rings. The summed E-state index contributed by atoms with van der Waals surface area (Å²) in [4.78, 5) is 25.7. The number of nitrogens with one attached hydrogen (secondary N) is 1. The van der Waals surface area contributed by atoms with E-state index in [4.69, 9.17) is 10.6 Å². The molecule has 0 radical (unpaired) electrons. The minimum absolute atomic E-state index is 0.132. The largest absolute Gasteiger partial charge is 0.468 e. The minimum atomic E-state index is -0.342.